The fraction of sp³-hybridized carbons (Fsp3) is 0.600. The lowest BCUT2D eigenvalue weighted by molar-refractivity contribution is 0.115. The molecular weight excluding hydrogens is 424 g/mol. The van der Waals surface area contributed by atoms with Gasteiger partial charge >= 0.3 is 0 Å². The highest BCUT2D eigenvalue weighted by Crippen LogP contribution is 2.43. The lowest BCUT2D eigenvalue weighted by Gasteiger charge is -2.51. The van der Waals surface area contributed by atoms with Crippen molar-refractivity contribution in [3.8, 4) is 0 Å². The summed E-state index contributed by atoms with van der Waals surface area (Å²) in [6.07, 6.45) is 9.84. The molecule has 2 aromatic rings. The van der Waals surface area contributed by atoms with E-state index in [1.807, 2.05) is 0 Å². The first kappa shape index (κ1) is 20.1. The van der Waals surface area contributed by atoms with Gasteiger partial charge in [0.1, 0.15) is 5.82 Å². The smallest absolute Gasteiger partial charge is 0.227 e. The summed E-state index contributed by atoms with van der Waals surface area (Å²) in [5.41, 5.74) is -0.260. The van der Waals surface area contributed by atoms with Crippen LogP contribution in [0.3, 0.4) is 0 Å². The SMILES string of the molecule is O=S1CCN(C2(CO)CCC2)c2nc(N3CCC(c4ncc(Cl)cn4)CC3)ncc21. The van der Waals surface area contributed by atoms with Crippen LogP contribution < -0.4 is 9.80 Å². The molecule has 0 amide bonds. The van der Waals surface area contributed by atoms with Crippen LogP contribution in [0.15, 0.2) is 23.5 Å². The van der Waals surface area contributed by atoms with Crippen LogP contribution in [0.5, 0.6) is 0 Å². The number of hydrogen-bond donors (Lipinski definition) is 1. The number of aromatic nitrogens is 4. The second kappa shape index (κ2) is 8.01. The van der Waals surface area contributed by atoms with Crippen LogP contribution in [0, 0.1) is 0 Å². The third-order valence-electron chi connectivity index (χ3n) is 6.66. The van der Waals surface area contributed by atoms with Gasteiger partial charge in [0.05, 0.1) is 39.1 Å². The van der Waals surface area contributed by atoms with Gasteiger partial charge in [0.25, 0.3) is 0 Å². The molecule has 2 aromatic heterocycles. The summed E-state index contributed by atoms with van der Waals surface area (Å²) in [6, 6.07) is 0. The molecule has 0 spiro atoms. The largest absolute Gasteiger partial charge is 0.394 e. The van der Waals surface area contributed by atoms with Crippen LogP contribution >= 0.6 is 11.6 Å². The summed E-state index contributed by atoms with van der Waals surface area (Å²) >= 11 is 5.90. The van der Waals surface area contributed by atoms with Gasteiger partial charge in [0, 0.05) is 43.7 Å². The average molecular weight is 449 g/mol. The molecule has 30 heavy (non-hydrogen) atoms. The number of rotatable bonds is 4. The van der Waals surface area contributed by atoms with Crippen LogP contribution in [-0.2, 0) is 10.8 Å². The van der Waals surface area contributed by atoms with Crippen molar-refractivity contribution in [2.24, 2.45) is 0 Å². The third-order valence-corrected chi connectivity index (χ3v) is 8.19. The molecule has 5 rings (SSSR count). The quantitative estimate of drug-likeness (QED) is 0.760. The minimum atomic E-state index is -1.09. The molecule has 160 valence electrons. The Labute approximate surface area is 183 Å². The summed E-state index contributed by atoms with van der Waals surface area (Å²) < 4.78 is 12.6. The van der Waals surface area contributed by atoms with Crippen LogP contribution in [0.2, 0.25) is 5.02 Å². The van der Waals surface area contributed by atoms with E-state index in [0.717, 1.165) is 56.8 Å². The van der Waals surface area contributed by atoms with E-state index in [4.69, 9.17) is 16.6 Å². The minimum Gasteiger partial charge on any atom is -0.394 e. The molecule has 1 atom stereocenters. The van der Waals surface area contributed by atoms with E-state index in [9.17, 15) is 9.32 Å². The summed E-state index contributed by atoms with van der Waals surface area (Å²) in [5.74, 6) is 3.10. The standard InChI is InChI=1S/C20H25ClN6O2S/c21-15-10-22-17(23-11-15)14-2-6-26(7-3-14)19-24-12-16-18(25-19)27(8-9-30(16)29)20(13-28)4-1-5-20/h10-12,14,28H,1-9,13H2. The van der Waals surface area contributed by atoms with E-state index in [2.05, 4.69) is 24.8 Å². The number of hydrogen-bond acceptors (Lipinski definition) is 8. The lowest BCUT2D eigenvalue weighted by Crippen LogP contribution is -2.59. The number of nitrogens with zero attached hydrogens (tertiary/aromatic N) is 6. The molecule has 4 heterocycles. The zero-order valence-corrected chi connectivity index (χ0v) is 18.3. The first-order valence-electron chi connectivity index (χ1n) is 10.5. The van der Waals surface area contributed by atoms with Crippen molar-refractivity contribution in [3.05, 3.63) is 29.4 Å². The normalized spacial score (nSPS) is 23.7. The molecule has 10 heteroatoms. The van der Waals surface area contributed by atoms with E-state index in [1.165, 1.54) is 0 Å². The van der Waals surface area contributed by atoms with Gasteiger partial charge in [-0.1, -0.05) is 11.6 Å². The van der Waals surface area contributed by atoms with Crippen LogP contribution in [-0.4, -0.2) is 66.8 Å². The summed E-state index contributed by atoms with van der Waals surface area (Å²) in [5, 5.41) is 10.6. The van der Waals surface area contributed by atoms with Crippen molar-refractivity contribution in [1.29, 1.82) is 0 Å². The van der Waals surface area contributed by atoms with Crippen molar-refractivity contribution in [1.82, 2.24) is 19.9 Å². The van der Waals surface area contributed by atoms with Crippen molar-refractivity contribution >= 4 is 34.2 Å². The monoisotopic (exact) mass is 448 g/mol. The minimum absolute atomic E-state index is 0.102. The number of aliphatic hydroxyl groups excluding tert-OH is 1. The molecule has 1 unspecified atom stereocenters. The van der Waals surface area contributed by atoms with E-state index in [-0.39, 0.29) is 12.1 Å². The number of piperidine rings is 1. The topological polar surface area (TPSA) is 95.3 Å². The molecular formula is C20H25ClN6O2S. The van der Waals surface area contributed by atoms with Gasteiger partial charge in [-0.3, -0.25) is 4.21 Å². The molecule has 8 nitrogen and oxygen atoms in total. The Morgan fingerprint density at radius 1 is 1.13 bits per heavy atom. The van der Waals surface area contributed by atoms with Gasteiger partial charge in [-0.2, -0.15) is 4.98 Å². The van der Waals surface area contributed by atoms with Crippen LogP contribution in [0.4, 0.5) is 11.8 Å². The van der Waals surface area contributed by atoms with Gasteiger partial charge < -0.3 is 14.9 Å². The Balaban J connectivity index is 1.36. The molecule has 1 aliphatic carbocycles. The maximum Gasteiger partial charge on any atom is 0.227 e. The fourth-order valence-corrected chi connectivity index (χ4v) is 5.88. The highest BCUT2D eigenvalue weighted by molar-refractivity contribution is 7.85. The Kier molecular flexibility index (Phi) is 5.37. The second-order valence-corrected chi connectivity index (χ2v) is 10.3. The van der Waals surface area contributed by atoms with Gasteiger partial charge in [0.2, 0.25) is 5.95 Å². The third kappa shape index (κ3) is 3.46. The lowest BCUT2D eigenvalue weighted by atomic mass is 9.76. The van der Waals surface area contributed by atoms with Gasteiger partial charge in [-0.15, -0.1) is 0 Å². The fourth-order valence-electron chi connectivity index (χ4n) is 4.68. The molecule has 0 bridgehead atoms. The Morgan fingerprint density at radius 3 is 2.50 bits per heavy atom. The predicted octanol–water partition coefficient (Wildman–Crippen LogP) is 2.15. The van der Waals surface area contributed by atoms with Crippen LogP contribution in [0.25, 0.3) is 0 Å². The summed E-state index contributed by atoms with van der Waals surface area (Å²) in [6.45, 7) is 2.38. The zero-order chi connectivity index (χ0) is 20.7. The molecule has 2 aliphatic heterocycles. The van der Waals surface area contributed by atoms with E-state index in [0.29, 0.717) is 34.1 Å². The van der Waals surface area contributed by atoms with Crippen molar-refractivity contribution in [2.75, 3.05) is 41.8 Å². The van der Waals surface area contributed by atoms with Gasteiger partial charge in [-0.05, 0) is 32.1 Å². The highest BCUT2D eigenvalue weighted by Gasteiger charge is 2.45. The second-order valence-electron chi connectivity index (χ2n) is 8.32. The number of anilines is 2. The Morgan fingerprint density at radius 2 is 1.87 bits per heavy atom. The zero-order valence-electron chi connectivity index (χ0n) is 16.7. The first-order chi connectivity index (χ1) is 14.6. The number of halogens is 1. The maximum absolute atomic E-state index is 12.6. The molecule has 0 aromatic carbocycles. The summed E-state index contributed by atoms with van der Waals surface area (Å²) in [4.78, 5) is 23.2. The van der Waals surface area contributed by atoms with E-state index >= 15 is 0 Å². The van der Waals surface area contributed by atoms with Gasteiger partial charge in [0.15, 0.2) is 5.82 Å². The molecule has 2 fully saturated rings. The molecule has 1 N–H and O–H groups in total. The molecule has 1 saturated heterocycles. The average Bonchev–Trinajstić information content (AvgIpc) is 2.75. The van der Waals surface area contributed by atoms with Crippen molar-refractivity contribution < 1.29 is 9.32 Å². The van der Waals surface area contributed by atoms with Crippen molar-refractivity contribution in [2.45, 2.75) is 48.5 Å². The predicted molar refractivity (Wildman–Crippen MR) is 116 cm³/mol. The highest BCUT2D eigenvalue weighted by atomic mass is 35.5. The first-order valence-corrected chi connectivity index (χ1v) is 12.2. The molecule has 0 radical (unpaired) electrons. The van der Waals surface area contributed by atoms with Crippen LogP contribution in [0.1, 0.15) is 43.8 Å². The van der Waals surface area contributed by atoms with Gasteiger partial charge in [-0.25, -0.2) is 15.0 Å². The molecule has 1 saturated carbocycles. The Hall–Kier alpha value is -1.84. The number of aliphatic hydroxyl groups is 1. The van der Waals surface area contributed by atoms with E-state index < -0.39 is 10.8 Å². The maximum atomic E-state index is 12.6. The Bertz CT molecular complexity index is 941. The van der Waals surface area contributed by atoms with Crippen molar-refractivity contribution in [3.63, 3.8) is 0 Å². The number of fused-ring (bicyclic) bond motifs is 1. The molecule has 3 aliphatic rings. The summed E-state index contributed by atoms with van der Waals surface area (Å²) in [7, 11) is -1.09. The van der Waals surface area contributed by atoms with E-state index in [1.54, 1.807) is 18.6 Å².